The molecule has 1 aromatic rings. The predicted molar refractivity (Wildman–Crippen MR) is 64.5 cm³/mol. The number of nitrogens with zero attached hydrogens (tertiary/aromatic N) is 1. The first kappa shape index (κ1) is 11.1. The summed E-state index contributed by atoms with van der Waals surface area (Å²) in [6.07, 6.45) is 4.55. The van der Waals surface area contributed by atoms with Gasteiger partial charge in [0.15, 0.2) is 0 Å². The summed E-state index contributed by atoms with van der Waals surface area (Å²) in [7, 11) is 0. The van der Waals surface area contributed by atoms with Crippen molar-refractivity contribution in [3.63, 3.8) is 0 Å². The van der Waals surface area contributed by atoms with Gasteiger partial charge in [-0.3, -0.25) is 4.79 Å². The number of amides is 1. The molecule has 1 N–H and O–H groups in total. The number of fused-ring (bicyclic) bond motifs is 1. The van der Waals surface area contributed by atoms with Gasteiger partial charge < -0.3 is 5.32 Å². The second-order valence-electron chi connectivity index (χ2n) is 4.72. The van der Waals surface area contributed by atoms with E-state index in [-0.39, 0.29) is 11.3 Å². The average Bonchev–Trinajstić information content (AvgIpc) is 2.67. The molecule has 86 valence electrons. The lowest BCUT2D eigenvalue weighted by Crippen LogP contribution is -2.19. The van der Waals surface area contributed by atoms with Crippen molar-refractivity contribution in [1.29, 1.82) is 0 Å². The third-order valence-corrected chi connectivity index (χ3v) is 3.83. The molecule has 0 spiro atoms. The first-order valence-corrected chi connectivity index (χ1v) is 5.88. The van der Waals surface area contributed by atoms with Crippen molar-refractivity contribution < 1.29 is 4.79 Å². The molecule has 1 aliphatic rings. The molecular weight excluding hydrogens is 200 g/mol. The lowest BCUT2D eigenvalue weighted by molar-refractivity contribution is -0.115. The van der Waals surface area contributed by atoms with Gasteiger partial charge in [-0.15, -0.1) is 0 Å². The van der Waals surface area contributed by atoms with Gasteiger partial charge in [0.25, 0.3) is 0 Å². The molecule has 0 unspecified atom stereocenters. The van der Waals surface area contributed by atoms with Crippen LogP contribution >= 0.6 is 0 Å². The first-order valence-electron chi connectivity index (χ1n) is 5.88. The molecule has 0 aromatic carbocycles. The molecule has 0 atom stereocenters. The number of carbonyl (C=O) groups excluding carboxylic acids is 1. The molecule has 0 bridgehead atoms. The van der Waals surface area contributed by atoms with Crippen molar-refractivity contribution >= 4 is 11.7 Å². The topological polar surface area (TPSA) is 42.0 Å². The van der Waals surface area contributed by atoms with E-state index in [4.69, 9.17) is 0 Å². The van der Waals surface area contributed by atoms with E-state index in [1.165, 1.54) is 5.56 Å². The zero-order valence-corrected chi connectivity index (χ0v) is 10.1. The second-order valence-corrected chi connectivity index (χ2v) is 4.72. The predicted octanol–water partition coefficient (Wildman–Crippen LogP) is 2.65. The molecular formula is C13H18N2O. The van der Waals surface area contributed by atoms with Crippen molar-refractivity contribution in [2.75, 3.05) is 5.32 Å². The Morgan fingerprint density at radius 2 is 2.12 bits per heavy atom. The van der Waals surface area contributed by atoms with Crippen LogP contribution in [0.4, 0.5) is 5.82 Å². The first-order chi connectivity index (χ1) is 7.59. The number of aromatic nitrogens is 1. The van der Waals surface area contributed by atoms with Gasteiger partial charge in [0.2, 0.25) is 5.91 Å². The van der Waals surface area contributed by atoms with Crippen LogP contribution in [0.15, 0.2) is 12.3 Å². The Kier molecular flexibility index (Phi) is 2.70. The van der Waals surface area contributed by atoms with E-state index in [9.17, 15) is 4.79 Å². The molecule has 1 amide bonds. The highest BCUT2D eigenvalue weighted by Crippen LogP contribution is 2.33. The fraction of sp³-hybridized carbons (Fsp3) is 0.538. The number of carbonyl (C=O) groups is 1. The molecule has 1 aliphatic heterocycles. The third-order valence-electron chi connectivity index (χ3n) is 3.83. The van der Waals surface area contributed by atoms with Crippen LogP contribution in [0.2, 0.25) is 0 Å². The van der Waals surface area contributed by atoms with Gasteiger partial charge >= 0.3 is 0 Å². The number of pyridine rings is 1. The molecule has 0 radical (unpaired) electrons. The quantitative estimate of drug-likeness (QED) is 0.847. The molecule has 16 heavy (non-hydrogen) atoms. The normalized spacial score (nSPS) is 14.8. The number of hydrogen-bond donors (Lipinski definition) is 1. The summed E-state index contributed by atoms with van der Waals surface area (Å²) >= 11 is 0. The van der Waals surface area contributed by atoms with E-state index in [1.807, 2.05) is 6.20 Å². The fourth-order valence-corrected chi connectivity index (χ4v) is 2.10. The summed E-state index contributed by atoms with van der Waals surface area (Å²) in [5.74, 6) is 0.789. The van der Waals surface area contributed by atoms with Crippen molar-refractivity contribution in [1.82, 2.24) is 4.98 Å². The molecule has 3 nitrogen and oxygen atoms in total. The van der Waals surface area contributed by atoms with E-state index in [1.54, 1.807) is 0 Å². The Balaban J connectivity index is 2.39. The van der Waals surface area contributed by atoms with Crippen LogP contribution in [-0.2, 0) is 16.6 Å². The second kappa shape index (κ2) is 3.89. The molecule has 3 heteroatoms. The van der Waals surface area contributed by atoms with Gasteiger partial charge in [-0.1, -0.05) is 20.8 Å². The van der Waals surface area contributed by atoms with Gasteiger partial charge in [0, 0.05) is 11.8 Å². The highest BCUT2D eigenvalue weighted by molar-refractivity contribution is 5.97. The molecule has 0 fully saturated rings. The van der Waals surface area contributed by atoms with E-state index in [2.05, 4.69) is 37.1 Å². The van der Waals surface area contributed by atoms with Crippen LogP contribution in [-0.4, -0.2) is 10.9 Å². The third kappa shape index (κ3) is 1.70. The number of nitrogens with one attached hydrogen (secondary N) is 1. The minimum absolute atomic E-state index is 0.0503. The van der Waals surface area contributed by atoms with E-state index < -0.39 is 0 Å². The standard InChI is InChI=1S/C13H18N2O/c1-4-13(3,5-2)10-6-9-7-11(16)15-12(9)14-8-10/h6,8H,4-5,7H2,1-3H3,(H,14,15,16). The van der Waals surface area contributed by atoms with Crippen molar-refractivity contribution in [3.05, 3.63) is 23.4 Å². The van der Waals surface area contributed by atoms with Crippen LogP contribution in [0, 0.1) is 0 Å². The Hall–Kier alpha value is -1.38. The molecule has 0 saturated heterocycles. The Morgan fingerprint density at radius 1 is 1.44 bits per heavy atom. The highest BCUT2D eigenvalue weighted by Gasteiger charge is 2.26. The number of rotatable bonds is 3. The molecule has 2 heterocycles. The summed E-state index contributed by atoms with van der Waals surface area (Å²) in [6.45, 7) is 6.64. The summed E-state index contributed by atoms with van der Waals surface area (Å²) in [5.41, 5.74) is 2.46. The minimum Gasteiger partial charge on any atom is -0.310 e. The lowest BCUT2D eigenvalue weighted by atomic mass is 9.78. The maximum atomic E-state index is 11.2. The minimum atomic E-state index is 0.0503. The Bertz CT molecular complexity index is 422. The zero-order chi connectivity index (χ0) is 11.8. The Labute approximate surface area is 96.3 Å². The van der Waals surface area contributed by atoms with Crippen LogP contribution in [0.1, 0.15) is 44.7 Å². The lowest BCUT2D eigenvalue weighted by Gasteiger charge is -2.27. The summed E-state index contributed by atoms with van der Waals surface area (Å²) in [4.78, 5) is 15.6. The van der Waals surface area contributed by atoms with Crippen molar-refractivity contribution in [2.45, 2.75) is 45.4 Å². The van der Waals surface area contributed by atoms with Gasteiger partial charge in [-0.05, 0) is 29.9 Å². The smallest absolute Gasteiger partial charge is 0.230 e. The van der Waals surface area contributed by atoms with Crippen molar-refractivity contribution in [3.8, 4) is 0 Å². The monoisotopic (exact) mass is 218 g/mol. The average molecular weight is 218 g/mol. The van der Waals surface area contributed by atoms with Crippen LogP contribution < -0.4 is 5.32 Å². The number of anilines is 1. The zero-order valence-electron chi connectivity index (χ0n) is 10.1. The summed E-state index contributed by atoms with van der Waals surface area (Å²) < 4.78 is 0. The van der Waals surface area contributed by atoms with E-state index >= 15 is 0 Å². The van der Waals surface area contributed by atoms with Gasteiger partial charge in [-0.2, -0.15) is 0 Å². The van der Waals surface area contributed by atoms with Crippen LogP contribution in [0.3, 0.4) is 0 Å². The number of hydrogen-bond acceptors (Lipinski definition) is 2. The fourth-order valence-electron chi connectivity index (χ4n) is 2.10. The van der Waals surface area contributed by atoms with Crippen molar-refractivity contribution in [2.24, 2.45) is 0 Å². The van der Waals surface area contributed by atoms with Crippen LogP contribution in [0.25, 0.3) is 0 Å². The molecule has 1 aromatic heterocycles. The highest BCUT2D eigenvalue weighted by atomic mass is 16.1. The SMILES string of the molecule is CCC(C)(CC)c1cnc2c(c1)CC(=O)N2. The maximum absolute atomic E-state index is 11.2. The molecule has 0 saturated carbocycles. The van der Waals surface area contributed by atoms with Gasteiger partial charge in [0.05, 0.1) is 6.42 Å². The van der Waals surface area contributed by atoms with Gasteiger partial charge in [0.1, 0.15) is 5.82 Å². The van der Waals surface area contributed by atoms with Gasteiger partial charge in [-0.25, -0.2) is 4.98 Å². The largest absolute Gasteiger partial charge is 0.310 e. The summed E-state index contributed by atoms with van der Waals surface area (Å²) in [6, 6.07) is 2.13. The molecule has 2 rings (SSSR count). The Morgan fingerprint density at radius 3 is 2.75 bits per heavy atom. The summed E-state index contributed by atoms with van der Waals surface area (Å²) in [5, 5.41) is 2.76. The molecule has 0 aliphatic carbocycles. The maximum Gasteiger partial charge on any atom is 0.230 e. The van der Waals surface area contributed by atoms with Crippen LogP contribution in [0.5, 0.6) is 0 Å². The van der Waals surface area contributed by atoms with E-state index in [0.29, 0.717) is 6.42 Å². The van der Waals surface area contributed by atoms with E-state index in [0.717, 1.165) is 24.2 Å².